The van der Waals surface area contributed by atoms with E-state index in [1.54, 1.807) is 11.8 Å². The van der Waals surface area contributed by atoms with Gasteiger partial charge in [-0.05, 0) is 23.5 Å². The third-order valence-corrected chi connectivity index (χ3v) is 6.54. The summed E-state index contributed by atoms with van der Waals surface area (Å²) in [6, 6.07) is 24.8. The molecule has 0 spiro atoms. The van der Waals surface area contributed by atoms with Crippen molar-refractivity contribution in [1.29, 1.82) is 5.26 Å². The van der Waals surface area contributed by atoms with Crippen molar-refractivity contribution in [1.82, 2.24) is 4.98 Å². The normalized spacial score (nSPS) is 17.5. The van der Waals surface area contributed by atoms with E-state index in [4.69, 9.17) is 4.98 Å². The maximum atomic E-state index is 9.88. The number of aromatic nitrogens is 1. The molecule has 1 unspecified atom stereocenters. The Morgan fingerprint density at radius 1 is 1.00 bits per heavy atom. The Hall–Kier alpha value is -2.57. The lowest BCUT2D eigenvalue weighted by atomic mass is 9.99. The topological polar surface area (TPSA) is 36.7 Å². The fourth-order valence-electron chi connectivity index (χ4n) is 3.07. The van der Waals surface area contributed by atoms with Crippen molar-refractivity contribution in [2.45, 2.75) is 30.5 Å². The third kappa shape index (κ3) is 3.25. The summed E-state index contributed by atoms with van der Waals surface area (Å²) < 4.78 is 0. The second-order valence-corrected chi connectivity index (χ2v) is 8.57. The van der Waals surface area contributed by atoms with Gasteiger partial charge in [-0.15, -0.1) is 11.8 Å². The predicted molar refractivity (Wildman–Crippen MR) is 108 cm³/mol. The highest BCUT2D eigenvalue weighted by molar-refractivity contribution is 8.00. The summed E-state index contributed by atoms with van der Waals surface area (Å²) in [4.78, 5) is 4.89. The summed E-state index contributed by atoms with van der Waals surface area (Å²) in [6.07, 6.45) is 1.17. The molecule has 3 aromatic rings. The van der Waals surface area contributed by atoms with E-state index >= 15 is 0 Å². The van der Waals surface area contributed by atoms with Gasteiger partial charge in [-0.3, -0.25) is 0 Å². The Morgan fingerprint density at radius 3 is 2.12 bits per heavy atom. The number of thioether (sulfide) groups is 1. The molecule has 0 bridgehead atoms. The molecule has 0 radical (unpaired) electrons. The lowest BCUT2D eigenvalue weighted by molar-refractivity contribution is 0.657. The van der Waals surface area contributed by atoms with Crippen LogP contribution in [0, 0.1) is 16.7 Å². The Kier molecular flexibility index (Phi) is 4.30. The van der Waals surface area contributed by atoms with Crippen LogP contribution < -0.4 is 0 Å². The van der Waals surface area contributed by atoms with Crippen LogP contribution in [-0.4, -0.2) is 10.2 Å². The summed E-state index contributed by atoms with van der Waals surface area (Å²) in [5.74, 6) is 0. The van der Waals surface area contributed by atoms with Crippen LogP contribution in [0.3, 0.4) is 0 Å². The Morgan fingerprint density at radius 2 is 1.58 bits per heavy atom. The van der Waals surface area contributed by atoms with Gasteiger partial charge < -0.3 is 0 Å². The van der Waals surface area contributed by atoms with Gasteiger partial charge >= 0.3 is 0 Å². The number of benzene rings is 2. The number of hydrogen-bond donors (Lipinski definition) is 0. The highest BCUT2D eigenvalue weighted by Gasteiger charge is 2.47. The minimum absolute atomic E-state index is 0.328. The van der Waals surface area contributed by atoms with E-state index in [-0.39, 0.29) is 0 Å². The molecule has 26 heavy (non-hydrogen) atoms. The first-order valence-electron chi connectivity index (χ1n) is 8.81. The van der Waals surface area contributed by atoms with Gasteiger partial charge in [0.2, 0.25) is 0 Å². The Balaban J connectivity index is 1.88. The van der Waals surface area contributed by atoms with Crippen molar-refractivity contribution >= 4 is 11.8 Å². The summed E-state index contributed by atoms with van der Waals surface area (Å²) >= 11 is 1.75. The molecule has 0 amide bonds. The maximum absolute atomic E-state index is 9.88. The van der Waals surface area contributed by atoms with Gasteiger partial charge in [-0.25, -0.2) is 4.98 Å². The molecular weight excluding hydrogens is 336 g/mol. The average Bonchev–Trinajstić information content (AvgIpc) is 3.28. The van der Waals surface area contributed by atoms with Gasteiger partial charge in [-0.1, -0.05) is 74.5 Å². The molecule has 1 heterocycles. The molecule has 0 N–H and O–H groups in total. The summed E-state index contributed by atoms with van der Waals surface area (Å²) in [7, 11) is 0. The van der Waals surface area contributed by atoms with Gasteiger partial charge in [-0.2, -0.15) is 5.26 Å². The van der Waals surface area contributed by atoms with Crippen molar-refractivity contribution in [3.8, 4) is 28.5 Å². The van der Waals surface area contributed by atoms with E-state index in [0.29, 0.717) is 16.2 Å². The Bertz CT molecular complexity index is 972. The van der Waals surface area contributed by atoms with Crippen LogP contribution in [0.15, 0.2) is 71.8 Å². The second-order valence-electron chi connectivity index (χ2n) is 7.38. The third-order valence-electron chi connectivity index (χ3n) is 4.93. The molecule has 0 aliphatic heterocycles. The molecule has 1 aromatic heterocycles. The van der Waals surface area contributed by atoms with E-state index in [0.717, 1.165) is 27.4 Å². The second kappa shape index (κ2) is 6.63. The molecule has 1 aliphatic rings. The van der Waals surface area contributed by atoms with Gasteiger partial charge in [0, 0.05) is 16.4 Å². The zero-order valence-corrected chi connectivity index (χ0v) is 15.8. The smallest absolute Gasteiger partial charge is 0.115 e. The molecular formula is C23H20N2S. The SMILES string of the molecule is CC1(C)CC1Sc1nc(-c2ccccc2)cc(-c2ccccc2)c1C#N. The molecule has 2 nitrogen and oxygen atoms in total. The summed E-state index contributed by atoms with van der Waals surface area (Å²) in [6.45, 7) is 4.55. The van der Waals surface area contributed by atoms with Crippen LogP contribution in [0.4, 0.5) is 0 Å². The van der Waals surface area contributed by atoms with Gasteiger partial charge in [0.15, 0.2) is 0 Å². The van der Waals surface area contributed by atoms with E-state index in [2.05, 4.69) is 44.2 Å². The van der Waals surface area contributed by atoms with Crippen LogP contribution in [0.25, 0.3) is 22.4 Å². The molecule has 4 rings (SSSR count). The Labute approximate surface area is 158 Å². The predicted octanol–water partition coefficient (Wildman–Crippen LogP) is 6.18. The van der Waals surface area contributed by atoms with Crippen LogP contribution in [0.2, 0.25) is 0 Å². The standard InChI is InChI=1S/C23H20N2S/c1-23(2)14-21(23)26-22-19(15-24)18(16-9-5-3-6-10-16)13-20(25-22)17-11-7-4-8-12-17/h3-13,21H,14H2,1-2H3. The van der Waals surface area contributed by atoms with E-state index in [1.165, 1.54) is 6.42 Å². The fraction of sp³-hybridized carbons (Fsp3) is 0.217. The van der Waals surface area contributed by atoms with Crippen LogP contribution >= 0.6 is 11.8 Å². The van der Waals surface area contributed by atoms with Crippen LogP contribution in [0.1, 0.15) is 25.8 Å². The minimum atomic E-state index is 0.328. The van der Waals surface area contributed by atoms with Gasteiger partial charge in [0.25, 0.3) is 0 Å². The zero-order chi connectivity index (χ0) is 18.1. The first-order chi connectivity index (χ1) is 12.6. The van der Waals surface area contributed by atoms with Crippen molar-refractivity contribution < 1.29 is 0 Å². The number of nitrogens with zero attached hydrogens (tertiary/aromatic N) is 2. The van der Waals surface area contributed by atoms with Crippen molar-refractivity contribution in [3.05, 3.63) is 72.3 Å². The molecule has 2 aromatic carbocycles. The molecule has 1 fully saturated rings. The maximum Gasteiger partial charge on any atom is 0.115 e. The highest BCUT2D eigenvalue weighted by atomic mass is 32.2. The number of hydrogen-bond acceptors (Lipinski definition) is 3. The number of rotatable bonds is 4. The van der Waals surface area contributed by atoms with Crippen molar-refractivity contribution in [3.63, 3.8) is 0 Å². The fourth-order valence-corrected chi connectivity index (χ4v) is 4.60. The first-order valence-corrected chi connectivity index (χ1v) is 9.69. The highest BCUT2D eigenvalue weighted by Crippen LogP contribution is 2.55. The largest absolute Gasteiger partial charge is 0.240 e. The van der Waals surface area contributed by atoms with Crippen LogP contribution in [-0.2, 0) is 0 Å². The van der Waals surface area contributed by atoms with Crippen molar-refractivity contribution in [2.75, 3.05) is 0 Å². The minimum Gasteiger partial charge on any atom is -0.240 e. The van der Waals surface area contributed by atoms with Crippen molar-refractivity contribution in [2.24, 2.45) is 5.41 Å². The molecule has 0 saturated heterocycles. The number of nitriles is 1. The molecule has 128 valence electrons. The molecule has 1 saturated carbocycles. The lowest BCUT2D eigenvalue weighted by Crippen LogP contribution is -1.98. The molecule has 1 atom stereocenters. The lowest BCUT2D eigenvalue weighted by Gasteiger charge is -2.13. The molecule has 1 aliphatic carbocycles. The summed E-state index contributed by atoms with van der Waals surface area (Å²) in [5.41, 5.74) is 5.02. The molecule has 3 heteroatoms. The summed E-state index contributed by atoms with van der Waals surface area (Å²) in [5, 5.41) is 11.3. The van der Waals surface area contributed by atoms with Gasteiger partial charge in [0.1, 0.15) is 11.1 Å². The van der Waals surface area contributed by atoms with E-state index in [1.807, 2.05) is 42.5 Å². The van der Waals surface area contributed by atoms with E-state index in [9.17, 15) is 5.26 Å². The average molecular weight is 356 g/mol. The zero-order valence-electron chi connectivity index (χ0n) is 14.9. The van der Waals surface area contributed by atoms with E-state index < -0.39 is 0 Å². The monoisotopic (exact) mass is 356 g/mol. The van der Waals surface area contributed by atoms with Crippen LogP contribution in [0.5, 0.6) is 0 Å². The quantitative estimate of drug-likeness (QED) is 0.560. The number of pyridine rings is 1. The first kappa shape index (κ1) is 16.9. The van der Waals surface area contributed by atoms with Gasteiger partial charge in [0.05, 0.1) is 11.3 Å².